The van der Waals surface area contributed by atoms with Crippen molar-refractivity contribution in [3.8, 4) is 6.07 Å². The van der Waals surface area contributed by atoms with E-state index in [4.69, 9.17) is 5.14 Å². The van der Waals surface area contributed by atoms with E-state index in [1.54, 1.807) is 18.2 Å². The van der Waals surface area contributed by atoms with E-state index >= 15 is 0 Å². The molecule has 0 aliphatic carbocycles. The first-order chi connectivity index (χ1) is 20.1. The Hall–Kier alpha value is -4.07. The minimum absolute atomic E-state index is 0.00430. The average molecular weight is 587 g/mol. The van der Waals surface area contributed by atoms with Crippen LogP contribution in [0.5, 0.6) is 0 Å². The fraction of sp³-hybridized carbons (Fsp3) is 0.375. The number of nitrogens with zero attached hydrogens (tertiary/aromatic N) is 4. The van der Waals surface area contributed by atoms with Crippen LogP contribution in [-0.2, 0) is 10.0 Å². The molecule has 3 N–H and O–H groups in total. The minimum Gasteiger partial charge on any atom is -0.382 e. The number of nitrogens with one attached hydrogen (secondary N) is 1. The number of piperidine rings is 1. The molecular weight excluding hydrogens is 548 g/mol. The van der Waals surface area contributed by atoms with Crippen LogP contribution < -0.4 is 20.3 Å². The van der Waals surface area contributed by atoms with E-state index < -0.39 is 10.0 Å². The van der Waals surface area contributed by atoms with Gasteiger partial charge in [-0.1, -0.05) is 30.3 Å². The number of hydrogen-bond donors (Lipinski definition) is 2. The van der Waals surface area contributed by atoms with Crippen LogP contribution in [0.1, 0.15) is 45.5 Å². The zero-order valence-electron chi connectivity index (χ0n) is 24.4. The summed E-state index contributed by atoms with van der Waals surface area (Å²) in [5.74, 6) is -0.00430. The maximum Gasteiger partial charge on any atom is 0.254 e. The number of hydrogen-bond acceptors (Lipinski definition) is 7. The summed E-state index contributed by atoms with van der Waals surface area (Å²) in [6.07, 6.45) is 1.86. The number of primary sulfonamides is 1. The van der Waals surface area contributed by atoms with Gasteiger partial charge in [-0.05, 0) is 74.6 Å². The number of benzene rings is 3. The van der Waals surface area contributed by atoms with E-state index in [1.807, 2.05) is 47.9 Å². The molecule has 0 atom stereocenters. The zero-order valence-corrected chi connectivity index (χ0v) is 25.2. The summed E-state index contributed by atoms with van der Waals surface area (Å²) in [5, 5.41) is 18.7. The molecule has 0 aromatic heterocycles. The van der Waals surface area contributed by atoms with Crippen molar-refractivity contribution >= 4 is 33.0 Å². The second-order valence-corrected chi connectivity index (χ2v) is 12.7. The van der Waals surface area contributed by atoms with Crippen LogP contribution in [0.25, 0.3) is 0 Å². The summed E-state index contributed by atoms with van der Waals surface area (Å²) < 4.78 is 24.2. The van der Waals surface area contributed by atoms with E-state index in [9.17, 15) is 18.5 Å². The lowest BCUT2D eigenvalue weighted by atomic mass is 9.94. The number of carbonyl (C=O) groups excluding carboxylic acids is 1. The lowest BCUT2D eigenvalue weighted by Gasteiger charge is -2.37. The van der Waals surface area contributed by atoms with Crippen molar-refractivity contribution < 1.29 is 13.2 Å². The van der Waals surface area contributed by atoms with Crippen LogP contribution in [0.2, 0.25) is 0 Å². The molecule has 9 nitrogen and oxygen atoms in total. The lowest BCUT2D eigenvalue weighted by Crippen LogP contribution is -2.49. The summed E-state index contributed by atoms with van der Waals surface area (Å²) >= 11 is 0. The Morgan fingerprint density at radius 3 is 2.12 bits per heavy atom. The highest BCUT2D eigenvalue weighted by Gasteiger charge is 2.29. The molecule has 5 rings (SSSR count). The van der Waals surface area contributed by atoms with Gasteiger partial charge in [0.15, 0.2) is 0 Å². The topological polar surface area (TPSA) is 123 Å². The summed E-state index contributed by atoms with van der Waals surface area (Å²) in [4.78, 5) is 20.1. The van der Waals surface area contributed by atoms with Crippen molar-refractivity contribution in [1.82, 2.24) is 4.90 Å². The molecular formula is C32H38N6O3S. The summed E-state index contributed by atoms with van der Waals surface area (Å²) in [7, 11) is -3.85. The van der Waals surface area contributed by atoms with Crippen LogP contribution >= 0.6 is 0 Å². The number of para-hydroxylation sites is 2. The Kier molecular flexibility index (Phi) is 8.43. The van der Waals surface area contributed by atoms with Crippen molar-refractivity contribution in [2.75, 3.05) is 54.4 Å². The van der Waals surface area contributed by atoms with Crippen LogP contribution in [0.3, 0.4) is 0 Å². The normalized spacial score (nSPS) is 16.3. The second-order valence-electron chi connectivity index (χ2n) is 11.2. The van der Waals surface area contributed by atoms with E-state index in [-0.39, 0.29) is 16.8 Å². The first-order valence-corrected chi connectivity index (χ1v) is 15.9. The summed E-state index contributed by atoms with van der Waals surface area (Å²) in [5.41, 5.74) is 7.02. The minimum atomic E-state index is -3.85. The number of rotatable bonds is 6. The molecule has 2 aliphatic heterocycles. The first kappa shape index (κ1) is 29.4. The van der Waals surface area contributed by atoms with Gasteiger partial charge in [-0.3, -0.25) is 4.79 Å². The summed E-state index contributed by atoms with van der Waals surface area (Å²) in [6, 6.07) is 19.1. The average Bonchev–Trinajstić information content (AvgIpc) is 2.99. The molecule has 2 heterocycles. The van der Waals surface area contributed by atoms with Gasteiger partial charge in [0, 0.05) is 56.6 Å². The van der Waals surface area contributed by atoms with Crippen molar-refractivity contribution in [1.29, 1.82) is 5.26 Å². The quantitative estimate of drug-likeness (QED) is 0.444. The number of piperazine rings is 1. The Bertz CT molecular complexity index is 1630. The number of amides is 1. The Morgan fingerprint density at radius 1 is 0.881 bits per heavy atom. The Balaban J connectivity index is 1.28. The maximum absolute atomic E-state index is 13.9. The third-order valence-electron chi connectivity index (χ3n) is 8.47. The molecule has 1 amide bonds. The van der Waals surface area contributed by atoms with E-state index in [0.717, 1.165) is 59.6 Å². The Morgan fingerprint density at radius 2 is 1.48 bits per heavy atom. The second kappa shape index (κ2) is 12.0. The van der Waals surface area contributed by atoms with Gasteiger partial charge in [-0.15, -0.1) is 0 Å². The van der Waals surface area contributed by atoms with Gasteiger partial charge in [0.1, 0.15) is 11.0 Å². The molecule has 2 aliphatic rings. The van der Waals surface area contributed by atoms with Crippen molar-refractivity contribution in [2.45, 2.75) is 44.6 Å². The van der Waals surface area contributed by atoms with Crippen LogP contribution in [0.4, 0.5) is 17.1 Å². The summed E-state index contributed by atoms with van der Waals surface area (Å²) in [6.45, 7) is 9.79. The highest BCUT2D eigenvalue weighted by molar-refractivity contribution is 7.89. The van der Waals surface area contributed by atoms with Gasteiger partial charge in [-0.25, -0.2) is 13.6 Å². The molecule has 0 saturated carbocycles. The van der Waals surface area contributed by atoms with Crippen molar-refractivity contribution in [3.05, 3.63) is 82.4 Å². The molecule has 2 fully saturated rings. The maximum atomic E-state index is 13.9. The molecule has 0 bridgehead atoms. The molecule has 10 heteroatoms. The number of nitrogens with two attached hydrogens (primary N) is 1. The fourth-order valence-electron chi connectivity index (χ4n) is 6.32. The standard InChI is InChI=1S/C32H38N6O3S/c1-22-20-23(2)31(35-26-12-14-36(15-13-26)27-9-5-4-8-25(27)21-33)24(3)30(22)32(39)38-18-16-37(17-19-38)28-10-6-7-11-29(28)42(34,40)41/h4-11,20,26,35H,12-19H2,1-3H3,(H2,34,40,41). The molecule has 42 heavy (non-hydrogen) atoms. The molecule has 3 aromatic carbocycles. The van der Waals surface area contributed by atoms with Gasteiger partial charge in [0.2, 0.25) is 10.0 Å². The van der Waals surface area contributed by atoms with Crippen molar-refractivity contribution in [3.63, 3.8) is 0 Å². The zero-order chi connectivity index (χ0) is 30.0. The molecule has 3 aromatic rings. The smallest absolute Gasteiger partial charge is 0.254 e. The lowest BCUT2D eigenvalue weighted by molar-refractivity contribution is 0.0745. The number of nitriles is 1. The third-order valence-corrected chi connectivity index (χ3v) is 9.43. The predicted molar refractivity (Wildman–Crippen MR) is 167 cm³/mol. The van der Waals surface area contributed by atoms with Crippen molar-refractivity contribution in [2.24, 2.45) is 5.14 Å². The molecule has 2 saturated heterocycles. The van der Waals surface area contributed by atoms with Gasteiger partial charge < -0.3 is 20.0 Å². The molecule has 0 unspecified atom stereocenters. The molecule has 0 radical (unpaired) electrons. The first-order valence-electron chi connectivity index (χ1n) is 14.4. The van der Waals surface area contributed by atoms with E-state index in [0.29, 0.717) is 37.4 Å². The number of sulfonamides is 1. The highest BCUT2D eigenvalue weighted by atomic mass is 32.2. The van der Waals surface area contributed by atoms with Crippen LogP contribution in [-0.4, -0.2) is 64.5 Å². The largest absolute Gasteiger partial charge is 0.382 e. The number of aryl methyl sites for hydroxylation is 2. The Labute approximate surface area is 248 Å². The number of anilines is 3. The van der Waals surface area contributed by atoms with Gasteiger partial charge in [-0.2, -0.15) is 5.26 Å². The van der Waals surface area contributed by atoms with E-state index in [1.165, 1.54) is 6.07 Å². The van der Waals surface area contributed by atoms with Gasteiger partial charge >= 0.3 is 0 Å². The fourth-order valence-corrected chi connectivity index (χ4v) is 7.07. The van der Waals surface area contributed by atoms with E-state index in [2.05, 4.69) is 29.3 Å². The highest BCUT2D eigenvalue weighted by Crippen LogP contribution is 2.32. The molecule has 220 valence electrons. The number of carbonyl (C=O) groups is 1. The predicted octanol–water partition coefficient (Wildman–Crippen LogP) is 4.17. The molecule has 0 spiro atoms. The SMILES string of the molecule is Cc1cc(C)c(C(=O)N2CCN(c3ccccc3S(N)(=O)=O)CC2)c(C)c1NC1CCN(c2ccccc2C#N)CC1. The third kappa shape index (κ3) is 5.94. The van der Waals surface area contributed by atoms with Gasteiger partial charge in [0.05, 0.1) is 16.9 Å². The van der Waals surface area contributed by atoms with Crippen LogP contribution in [0.15, 0.2) is 59.5 Å². The van der Waals surface area contributed by atoms with Gasteiger partial charge in [0.25, 0.3) is 5.91 Å². The monoisotopic (exact) mass is 586 g/mol. The van der Waals surface area contributed by atoms with Crippen LogP contribution in [0, 0.1) is 32.1 Å².